The summed E-state index contributed by atoms with van der Waals surface area (Å²) in [6.45, 7) is 14.3. The molecule has 0 aromatic heterocycles. The highest BCUT2D eigenvalue weighted by Gasteiger charge is 2.20. The Morgan fingerprint density at radius 2 is 1.57 bits per heavy atom. The van der Waals surface area contributed by atoms with E-state index in [0.717, 1.165) is 16.9 Å². The van der Waals surface area contributed by atoms with E-state index in [1.165, 1.54) is 11.1 Å². The van der Waals surface area contributed by atoms with Gasteiger partial charge in [-0.3, -0.25) is 9.69 Å². The highest BCUT2D eigenvalue weighted by atomic mass is 35.5. The Morgan fingerprint density at radius 3 is 2.22 bits per heavy atom. The van der Waals surface area contributed by atoms with Gasteiger partial charge in [-0.25, -0.2) is 0 Å². The molecule has 0 aliphatic heterocycles. The molecule has 0 heterocycles. The summed E-state index contributed by atoms with van der Waals surface area (Å²) >= 11 is 6.63. The second-order valence-electron chi connectivity index (χ2n) is 11.5. The first-order valence-electron chi connectivity index (χ1n) is 12.9. The number of ether oxygens (including phenoxy) is 2. The van der Waals surface area contributed by atoms with Gasteiger partial charge in [0.2, 0.25) is 0 Å². The Balaban J connectivity index is 1.68. The molecule has 0 amide bonds. The summed E-state index contributed by atoms with van der Waals surface area (Å²) in [6, 6.07) is 24.5. The molecule has 3 aromatic rings. The topological polar surface area (TPSA) is 38.8 Å². The third-order valence-corrected chi connectivity index (χ3v) is 6.29. The van der Waals surface area contributed by atoms with Crippen molar-refractivity contribution in [2.24, 2.45) is 0 Å². The summed E-state index contributed by atoms with van der Waals surface area (Å²) in [5.74, 6) is 0.512. The maximum absolute atomic E-state index is 12.7. The Labute approximate surface area is 227 Å². The average molecular weight is 522 g/mol. The van der Waals surface area contributed by atoms with E-state index in [0.29, 0.717) is 31.1 Å². The molecule has 0 bridgehead atoms. The van der Waals surface area contributed by atoms with E-state index in [1.807, 2.05) is 69.3 Å². The van der Waals surface area contributed by atoms with Gasteiger partial charge < -0.3 is 9.47 Å². The first kappa shape index (κ1) is 28.7. The Kier molecular flexibility index (Phi) is 9.80. The van der Waals surface area contributed by atoms with Crippen LogP contribution in [-0.2, 0) is 34.5 Å². The Hall–Kier alpha value is -2.82. The molecular weight excluding hydrogens is 482 g/mol. The zero-order chi connectivity index (χ0) is 27.1. The lowest BCUT2D eigenvalue weighted by molar-refractivity contribution is -0.156. The van der Waals surface area contributed by atoms with E-state index in [9.17, 15) is 4.79 Å². The standard InChI is InChI=1S/C32H40ClNO3/c1-31(2,3)27-14-10-13-25(19-27)21-34(22-30(35)37-32(4,5)6)18-17-26-15-16-28(20-29(26)33)36-23-24-11-8-7-9-12-24/h7-16,19-20H,17-18,21-23H2,1-6H3. The van der Waals surface area contributed by atoms with Crippen molar-refractivity contribution in [1.82, 2.24) is 4.90 Å². The van der Waals surface area contributed by atoms with Gasteiger partial charge in [0.25, 0.3) is 0 Å². The SMILES string of the molecule is CC(C)(C)OC(=O)CN(CCc1ccc(OCc2ccccc2)cc1Cl)Cc1cccc(C(C)(C)C)c1. The average Bonchev–Trinajstić information content (AvgIpc) is 2.81. The van der Waals surface area contributed by atoms with Crippen molar-refractivity contribution in [3.8, 4) is 5.75 Å². The smallest absolute Gasteiger partial charge is 0.320 e. The van der Waals surface area contributed by atoms with Crippen LogP contribution >= 0.6 is 11.6 Å². The van der Waals surface area contributed by atoms with E-state index < -0.39 is 5.60 Å². The molecule has 0 aliphatic carbocycles. The lowest BCUT2D eigenvalue weighted by Gasteiger charge is -2.26. The van der Waals surface area contributed by atoms with Gasteiger partial charge in [-0.1, -0.05) is 93.0 Å². The van der Waals surface area contributed by atoms with Crippen LogP contribution in [0.3, 0.4) is 0 Å². The monoisotopic (exact) mass is 521 g/mol. The van der Waals surface area contributed by atoms with Gasteiger partial charge >= 0.3 is 5.97 Å². The fraction of sp³-hybridized carbons (Fsp3) is 0.406. The van der Waals surface area contributed by atoms with E-state index in [2.05, 4.69) is 49.9 Å². The van der Waals surface area contributed by atoms with Crippen LogP contribution in [0, 0.1) is 0 Å². The minimum atomic E-state index is -0.520. The molecule has 0 unspecified atom stereocenters. The van der Waals surface area contributed by atoms with Crippen molar-refractivity contribution in [1.29, 1.82) is 0 Å². The quantitative estimate of drug-likeness (QED) is 0.257. The molecular formula is C32H40ClNO3. The molecule has 0 spiro atoms. The first-order chi connectivity index (χ1) is 17.4. The van der Waals surface area contributed by atoms with Gasteiger partial charge in [0, 0.05) is 18.1 Å². The summed E-state index contributed by atoms with van der Waals surface area (Å²) < 4.78 is 11.5. The molecule has 0 aliphatic rings. The van der Waals surface area contributed by atoms with Crippen molar-refractivity contribution < 1.29 is 14.3 Å². The lowest BCUT2D eigenvalue weighted by Crippen LogP contribution is -2.35. The van der Waals surface area contributed by atoms with Crippen LogP contribution in [0.15, 0.2) is 72.8 Å². The van der Waals surface area contributed by atoms with Crippen molar-refractivity contribution in [2.45, 2.75) is 72.1 Å². The van der Waals surface area contributed by atoms with E-state index in [4.69, 9.17) is 21.1 Å². The largest absolute Gasteiger partial charge is 0.489 e. The van der Waals surface area contributed by atoms with E-state index in [1.54, 1.807) is 0 Å². The number of carbonyl (C=O) groups is 1. The first-order valence-corrected chi connectivity index (χ1v) is 13.3. The fourth-order valence-corrected chi connectivity index (χ4v) is 4.27. The van der Waals surface area contributed by atoms with Gasteiger partial charge in [0.05, 0.1) is 6.54 Å². The summed E-state index contributed by atoms with van der Waals surface area (Å²) in [7, 11) is 0. The van der Waals surface area contributed by atoms with Gasteiger partial charge in [0.1, 0.15) is 18.0 Å². The van der Waals surface area contributed by atoms with Gasteiger partial charge in [-0.2, -0.15) is 0 Å². The van der Waals surface area contributed by atoms with Crippen LogP contribution in [0.5, 0.6) is 5.75 Å². The van der Waals surface area contributed by atoms with Gasteiger partial charge in [0.15, 0.2) is 0 Å². The Bertz CT molecular complexity index is 1160. The van der Waals surface area contributed by atoms with Crippen molar-refractivity contribution >= 4 is 17.6 Å². The number of hydrogen-bond acceptors (Lipinski definition) is 4. The molecule has 4 nitrogen and oxygen atoms in total. The molecule has 0 fully saturated rings. The number of esters is 1. The molecule has 198 valence electrons. The van der Waals surface area contributed by atoms with Crippen molar-refractivity contribution in [2.75, 3.05) is 13.1 Å². The van der Waals surface area contributed by atoms with Crippen LogP contribution < -0.4 is 4.74 Å². The number of halogens is 1. The number of benzene rings is 3. The zero-order valence-corrected chi connectivity index (χ0v) is 23.8. The van der Waals surface area contributed by atoms with E-state index >= 15 is 0 Å². The van der Waals surface area contributed by atoms with Gasteiger partial charge in [-0.05, 0) is 67.0 Å². The zero-order valence-electron chi connectivity index (χ0n) is 23.0. The van der Waals surface area contributed by atoms with Crippen LogP contribution in [0.1, 0.15) is 63.8 Å². The predicted molar refractivity (Wildman–Crippen MR) is 152 cm³/mol. The molecule has 0 atom stereocenters. The molecule has 0 saturated heterocycles. The molecule has 0 radical (unpaired) electrons. The highest BCUT2D eigenvalue weighted by Crippen LogP contribution is 2.25. The molecule has 37 heavy (non-hydrogen) atoms. The number of nitrogens with zero attached hydrogens (tertiary/aromatic N) is 1. The Morgan fingerprint density at radius 1 is 0.865 bits per heavy atom. The van der Waals surface area contributed by atoms with E-state index in [-0.39, 0.29) is 17.9 Å². The van der Waals surface area contributed by atoms with Crippen LogP contribution in [0.4, 0.5) is 0 Å². The summed E-state index contributed by atoms with van der Waals surface area (Å²) in [5, 5.41) is 0.664. The lowest BCUT2D eigenvalue weighted by atomic mass is 9.86. The highest BCUT2D eigenvalue weighted by molar-refractivity contribution is 6.31. The number of carbonyl (C=O) groups excluding carboxylic acids is 1. The second-order valence-corrected chi connectivity index (χ2v) is 11.9. The maximum Gasteiger partial charge on any atom is 0.320 e. The van der Waals surface area contributed by atoms with Crippen LogP contribution in [0.25, 0.3) is 0 Å². The molecule has 5 heteroatoms. The number of rotatable bonds is 10. The van der Waals surface area contributed by atoms with Crippen molar-refractivity contribution in [3.63, 3.8) is 0 Å². The fourth-order valence-electron chi connectivity index (χ4n) is 4.00. The third kappa shape index (κ3) is 9.87. The second kappa shape index (κ2) is 12.6. The van der Waals surface area contributed by atoms with Crippen LogP contribution in [0.2, 0.25) is 5.02 Å². The molecule has 0 N–H and O–H groups in total. The van der Waals surface area contributed by atoms with Gasteiger partial charge in [-0.15, -0.1) is 0 Å². The number of hydrogen-bond donors (Lipinski definition) is 0. The minimum Gasteiger partial charge on any atom is -0.489 e. The molecule has 3 aromatic carbocycles. The third-order valence-electron chi connectivity index (χ3n) is 5.94. The summed E-state index contributed by atoms with van der Waals surface area (Å²) in [4.78, 5) is 14.8. The molecule has 3 rings (SSSR count). The van der Waals surface area contributed by atoms with Crippen molar-refractivity contribution in [3.05, 3.63) is 100 Å². The molecule has 0 saturated carbocycles. The normalized spacial score (nSPS) is 12.0. The van der Waals surface area contributed by atoms with Crippen LogP contribution in [-0.4, -0.2) is 29.6 Å². The summed E-state index contributed by atoms with van der Waals surface area (Å²) in [5.41, 5.74) is 4.11. The minimum absolute atomic E-state index is 0.0594. The predicted octanol–water partition coefficient (Wildman–Crippen LogP) is 7.60. The summed E-state index contributed by atoms with van der Waals surface area (Å²) in [6.07, 6.45) is 0.708. The maximum atomic E-state index is 12.7.